The van der Waals surface area contributed by atoms with Crippen LogP contribution in [0.15, 0.2) is 36.4 Å². The number of hydrogen-bond donors (Lipinski definition) is 1. The van der Waals surface area contributed by atoms with E-state index in [4.69, 9.17) is 16.7 Å². The highest BCUT2D eigenvalue weighted by Crippen LogP contribution is 2.26. The average molecular weight is 254 g/mol. The molecule has 17 heavy (non-hydrogen) atoms. The summed E-state index contributed by atoms with van der Waals surface area (Å²) in [7, 11) is 1.85. The number of halogens is 1. The van der Waals surface area contributed by atoms with Crippen molar-refractivity contribution in [2.24, 2.45) is 0 Å². The summed E-state index contributed by atoms with van der Waals surface area (Å²) in [5.41, 5.74) is 1.15. The SMILES string of the molecule is C=C(CN(C)C(C)c1ccccc1Cl)C(=O)O. The third-order valence-corrected chi connectivity index (χ3v) is 3.10. The van der Waals surface area contributed by atoms with Crippen LogP contribution in [0.25, 0.3) is 0 Å². The standard InChI is InChI=1S/C13H16ClNO2/c1-9(13(16)17)8-15(3)10(2)11-6-4-5-7-12(11)14/h4-7,10H,1,8H2,2-3H3,(H,16,17). The molecular weight excluding hydrogens is 238 g/mol. The van der Waals surface area contributed by atoms with Crippen molar-refractivity contribution in [3.63, 3.8) is 0 Å². The molecule has 0 heterocycles. The van der Waals surface area contributed by atoms with Gasteiger partial charge >= 0.3 is 5.97 Å². The maximum absolute atomic E-state index is 10.7. The Morgan fingerprint density at radius 2 is 2.12 bits per heavy atom. The lowest BCUT2D eigenvalue weighted by Gasteiger charge is -2.25. The van der Waals surface area contributed by atoms with Crippen LogP contribution >= 0.6 is 11.6 Å². The van der Waals surface area contributed by atoms with Crippen molar-refractivity contribution in [2.45, 2.75) is 13.0 Å². The highest BCUT2D eigenvalue weighted by atomic mass is 35.5. The molecule has 0 saturated carbocycles. The van der Waals surface area contributed by atoms with Crippen molar-refractivity contribution in [3.8, 4) is 0 Å². The van der Waals surface area contributed by atoms with Crippen LogP contribution in [0.2, 0.25) is 5.02 Å². The molecule has 0 fully saturated rings. The van der Waals surface area contributed by atoms with Gasteiger partial charge in [-0.1, -0.05) is 36.4 Å². The summed E-state index contributed by atoms with van der Waals surface area (Å²) in [5.74, 6) is -0.969. The lowest BCUT2D eigenvalue weighted by atomic mass is 10.1. The molecule has 0 aliphatic heterocycles. The molecule has 1 aromatic carbocycles. The lowest BCUT2D eigenvalue weighted by Crippen LogP contribution is -2.26. The maximum Gasteiger partial charge on any atom is 0.332 e. The Morgan fingerprint density at radius 3 is 2.65 bits per heavy atom. The molecule has 0 bridgehead atoms. The summed E-state index contributed by atoms with van der Waals surface area (Å²) in [6.07, 6.45) is 0. The zero-order valence-corrected chi connectivity index (χ0v) is 10.7. The number of carbonyl (C=O) groups is 1. The van der Waals surface area contributed by atoms with Gasteiger partial charge in [0.25, 0.3) is 0 Å². The largest absolute Gasteiger partial charge is 0.478 e. The van der Waals surface area contributed by atoms with Crippen LogP contribution in [0.5, 0.6) is 0 Å². The van der Waals surface area contributed by atoms with E-state index in [9.17, 15) is 4.79 Å². The van der Waals surface area contributed by atoms with Gasteiger partial charge in [-0.15, -0.1) is 0 Å². The molecule has 1 aromatic rings. The molecule has 1 rings (SSSR count). The summed E-state index contributed by atoms with van der Waals surface area (Å²) in [5, 5.41) is 9.47. The van der Waals surface area contributed by atoms with Crippen molar-refractivity contribution in [1.82, 2.24) is 4.90 Å². The number of rotatable bonds is 5. The second-order valence-corrected chi connectivity index (χ2v) is 4.43. The smallest absolute Gasteiger partial charge is 0.332 e. The van der Waals surface area contributed by atoms with Crippen LogP contribution in [0.1, 0.15) is 18.5 Å². The molecule has 0 aliphatic rings. The van der Waals surface area contributed by atoms with E-state index in [1.807, 2.05) is 43.1 Å². The van der Waals surface area contributed by atoms with E-state index in [2.05, 4.69) is 6.58 Å². The normalized spacial score (nSPS) is 12.5. The van der Waals surface area contributed by atoms with Crippen molar-refractivity contribution in [2.75, 3.05) is 13.6 Å². The summed E-state index contributed by atoms with van der Waals surface area (Å²) >= 11 is 6.10. The molecule has 4 heteroatoms. The van der Waals surface area contributed by atoms with E-state index in [0.717, 1.165) is 5.56 Å². The second kappa shape index (κ2) is 5.84. The first-order valence-electron chi connectivity index (χ1n) is 5.29. The van der Waals surface area contributed by atoms with Crippen LogP contribution in [0.4, 0.5) is 0 Å². The third kappa shape index (κ3) is 3.58. The minimum atomic E-state index is -0.969. The van der Waals surface area contributed by atoms with Gasteiger partial charge in [0.15, 0.2) is 0 Å². The Morgan fingerprint density at radius 1 is 1.53 bits per heavy atom. The zero-order chi connectivity index (χ0) is 13.0. The molecule has 0 saturated heterocycles. The summed E-state index contributed by atoms with van der Waals surface area (Å²) < 4.78 is 0. The molecule has 1 N–H and O–H groups in total. The fraction of sp³-hybridized carbons (Fsp3) is 0.308. The van der Waals surface area contributed by atoms with Gasteiger partial charge in [-0.25, -0.2) is 4.79 Å². The van der Waals surface area contributed by atoms with E-state index >= 15 is 0 Å². The summed E-state index contributed by atoms with van der Waals surface area (Å²) in [6.45, 7) is 5.81. The molecule has 0 aromatic heterocycles. The number of hydrogen-bond acceptors (Lipinski definition) is 2. The Hall–Kier alpha value is -1.32. The van der Waals surface area contributed by atoms with Gasteiger partial charge in [-0.05, 0) is 25.6 Å². The summed E-state index contributed by atoms with van der Waals surface area (Å²) in [4.78, 5) is 12.6. The molecule has 0 aliphatic carbocycles. The lowest BCUT2D eigenvalue weighted by molar-refractivity contribution is -0.132. The Balaban J connectivity index is 2.77. The second-order valence-electron chi connectivity index (χ2n) is 4.02. The third-order valence-electron chi connectivity index (χ3n) is 2.76. The summed E-state index contributed by atoms with van der Waals surface area (Å²) in [6, 6.07) is 7.59. The Labute approximate surface area is 106 Å². The van der Waals surface area contributed by atoms with Gasteiger partial charge in [0, 0.05) is 23.2 Å². The zero-order valence-electron chi connectivity index (χ0n) is 9.98. The molecule has 0 amide bonds. The number of benzene rings is 1. The van der Waals surface area contributed by atoms with Crippen LogP contribution < -0.4 is 0 Å². The van der Waals surface area contributed by atoms with E-state index in [1.54, 1.807) is 0 Å². The van der Waals surface area contributed by atoms with E-state index in [0.29, 0.717) is 11.6 Å². The molecule has 3 nitrogen and oxygen atoms in total. The fourth-order valence-corrected chi connectivity index (χ4v) is 1.85. The highest BCUT2D eigenvalue weighted by Gasteiger charge is 2.16. The van der Waals surface area contributed by atoms with Crippen LogP contribution in [0, 0.1) is 0 Å². The Bertz CT molecular complexity index is 431. The number of carboxylic acid groups (broad SMARTS) is 1. The molecule has 1 unspecified atom stereocenters. The van der Waals surface area contributed by atoms with Gasteiger partial charge in [0.05, 0.1) is 0 Å². The molecule has 0 radical (unpaired) electrons. The average Bonchev–Trinajstić information content (AvgIpc) is 2.28. The van der Waals surface area contributed by atoms with Gasteiger partial charge in [-0.2, -0.15) is 0 Å². The predicted molar refractivity (Wildman–Crippen MR) is 69.3 cm³/mol. The van der Waals surface area contributed by atoms with E-state index in [-0.39, 0.29) is 11.6 Å². The van der Waals surface area contributed by atoms with Crippen LogP contribution in [0.3, 0.4) is 0 Å². The first kappa shape index (κ1) is 13.7. The van der Waals surface area contributed by atoms with Crippen LogP contribution in [-0.4, -0.2) is 29.6 Å². The van der Waals surface area contributed by atoms with E-state index in [1.165, 1.54) is 0 Å². The van der Waals surface area contributed by atoms with Gasteiger partial charge < -0.3 is 5.11 Å². The van der Waals surface area contributed by atoms with Gasteiger partial charge in [0.2, 0.25) is 0 Å². The highest BCUT2D eigenvalue weighted by molar-refractivity contribution is 6.31. The van der Waals surface area contributed by atoms with Gasteiger partial charge in [-0.3, -0.25) is 4.90 Å². The molecule has 0 spiro atoms. The predicted octanol–water partition coefficient (Wildman–Crippen LogP) is 2.97. The first-order chi connectivity index (χ1) is 7.93. The fourth-order valence-electron chi connectivity index (χ4n) is 1.56. The quantitative estimate of drug-likeness (QED) is 0.821. The van der Waals surface area contributed by atoms with Gasteiger partial charge in [0.1, 0.15) is 0 Å². The van der Waals surface area contributed by atoms with E-state index < -0.39 is 5.97 Å². The van der Waals surface area contributed by atoms with Crippen LogP contribution in [-0.2, 0) is 4.79 Å². The van der Waals surface area contributed by atoms with Crippen molar-refractivity contribution in [1.29, 1.82) is 0 Å². The topological polar surface area (TPSA) is 40.5 Å². The monoisotopic (exact) mass is 253 g/mol. The number of aliphatic carboxylic acids is 1. The number of likely N-dealkylation sites (N-methyl/N-ethyl adjacent to an activating group) is 1. The first-order valence-corrected chi connectivity index (χ1v) is 5.67. The number of carboxylic acids is 1. The molecule has 1 atom stereocenters. The molecular formula is C13H16ClNO2. The van der Waals surface area contributed by atoms with Crippen molar-refractivity contribution >= 4 is 17.6 Å². The van der Waals surface area contributed by atoms with Crippen molar-refractivity contribution < 1.29 is 9.90 Å². The Kier molecular flexibility index (Phi) is 4.73. The maximum atomic E-state index is 10.7. The number of nitrogens with zero attached hydrogens (tertiary/aromatic N) is 1. The van der Waals surface area contributed by atoms with Crippen molar-refractivity contribution in [3.05, 3.63) is 47.0 Å². The minimum absolute atomic E-state index is 0.0415. The molecule has 92 valence electrons. The minimum Gasteiger partial charge on any atom is -0.478 e.